The van der Waals surface area contributed by atoms with Gasteiger partial charge in [0.1, 0.15) is 0 Å². The summed E-state index contributed by atoms with van der Waals surface area (Å²) in [7, 11) is 0. The summed E-state index contributed by atoms with van der Waals surface area (Å²) < 4.78 is 0. The summed E-state index contributed by atoms with van der Waals surface area (Å²) in [6.45, 7) is 2.10. The van der Waals surface area contributed by atoms with Crippen LogP contribution in [-0.2, 0) is 20.1 Å². The van der Waals surface area contributed by atoms with Gasteiger partial charge in [-0.25, -0.2) is 0 Å². The van der Waals surface area contributed by atoms with Crippen LogP contribution >= 0.6 is 0 Å². The van der Waals surface area contributed by atoms with E-state index < -0.39 is 0 Å². The van der Waals surface area contributed by atoms with Crippen molar-refractivity contribution in [2.75, 3.05) is 0 Å². The Labute approximate surface area is 192 Å². The number of rotatable bonds is 1. The van der Waals surface area contributed by atoms with E-state index in [1.54, 1.807) is 0 Å². The maximum absolute atomic E-state index is 9.98. The number of benzene rings is 2. The van der Waals surface area contributed by atoms with Crippen molar-refractivity contribution in [2.24, 2.45) is 17.8 Å². The maximum Gasteiger partial charge on any atom is 0.0621 e. The molecule has 2 aliphatic rings. The van der Waals surface area contributed by atoms with Gasteiger partial charge in [0.15, 0.2) is 0 Å². The van der Waals surface area contributed by atoms with Crippen molar-refractivity contribution in [3.05, 3.63) is 66.7 Å². The number of hydrogen-bond acceptors (Lipinski definition) is 3. The third kappa shape index (κ3) is 5.18. The molecule has 5 unspecified atom stereocenters. The van der Waals surface area contributed by atoms with E-state index in [0.717, 1.165) is 36.0 Å². The Balaban J connectivity index is 0.000000169. The topological polar surface area (TPSA) is 53.4 Å². The molecule has 0 saturated heterocycles. The minimum Gasteiger partial charge on any atom is -0.393 e. The predicted octanol–water partition coefficient (Wildman–Crippen LogP) is 5.25. The molecule has 1 aromatic heterocycles. The number of aliphatic hydroxyl groups is 2. The van der Waals surface area contributed by atoms with Crippen molar-refractivity contribution in [1.82, 2.24) is 4.98 Å². The molecule has 3 aromatic rings. The van der Waals surface area contributed by atoms with Crippen LogP contribution in [0.15, 0.2) is 60.7 Å². The normalized spacial score (nSPS) is 27.9. The summed E-state index contributed by atoms with van der Waals surface area (Å²) in [5.74, 6) is 1.15. The molecule has 0 aliphatic heterocycles. The van der Waals surface area contributed by atoms with Gasteiger partial charge >= 0.3 is 0 Å². The van der Waals surface area contributed by atoms with Crippen LogP contribution < -0.4 is 0 Å². The smallest absolute Gasteiger partial charge is 0.0621 e. The SMILES string of the molecule is CC1CCC2CCCC(O)C2C1O.[Ir].[c-]1ccccc1-c1ccc2ccccc2n1. The molecule has 5 atom stereocenters. The van der Waals surface area contributed by atoms with Gasteiger partial charge in [-0.15, -0.1) is 35.9 Å². The monoisotopic (exact) mass is 581 g/mol. The van der Waals surface area contributed by atoms with Crippen LogP contribution in [-0.4, -0.2) is 27.4 Å². The second kappa shape index (κ2) is 10.6. The second-order valence-corrected chi connectivity index (χ2v) is 8.55. The first-order valence-electron chi connectivity index (χ1n) is 10.8. The zero-order valence-electron chi connectivity index (χ0n) is 17.4. The fourth-order valence-electron chi connectivity index (χ4n) is 4.93. The van der Waals surface area contributed by atoms with E-state index >= 15 is 0 Å². The van der Waals surface area contributed by atoms with Gasteiger partial charge in [-0.2, -0.15) is 0 Å². The molecular formula is C26H30IrNO2-. The molecule has 3 nitrogen and oxygen atoms in total. The molecule has 161 valence electrons. The average Bonchev–Trinajstić information content (AvgIpc) is 2.77. The van der Waals surface area contributed by atoms with Crippen molar-refractivity contribution in [2.45, 2.75) is 51.2 Å². The van der Waals surface area contributed by atoms with Crippen molar-refractivity contribution in [3.8, 4) is 11.3 Å². The van der Waals surface area contributed by atoms with Crippen LogP contribution in [0.1, 0.15) is 39.0 Å². The van der Waals surface area contributed by atoms with Gasteiger partial charge in [0, 0.05) is 26.0 Å². The Morgan fingerprint density at radius 3 is 2.50 bits per heavy atom. The molecule has 0 spiro atoms. The largest absolute Gasteiger partial charge is 0.393 e. The van der Waals surface area contributed by atoms with Gasteiger partial charge in [0.05, 0.1) is 17.7 Å². The second-order valence-electron chi connectivity index (χ2n) is 8.55. The van der Waals surface area contributed by atoms with E-state index in [1.165, 1.54) is 18.2 Å². The molecule has 5 rings (SSSR count). The van der Waals surface area contributed by atoms with E-state index in [9.17, 15) is 10.2 Å². The number of aliphatic hydroxyl groups excluding tert-OH is 2. The molecule has 2 fully saturated rings. The van der Waals surface area contributed by atoms with Crippen molar-refractivity contribution >= 4 is 10.9 Å². The number of aromatic nitrogens is 1. The zero-order chi connectivity index (χ0) is 20.2. The van der Waals surface area contributed by atoms with Crippen LogP contribution in [0.3, 0.4) is 0 Å². The summed E-state index contributed by atoms with van der Waals surface area (Å²) in [6.07, 6.45) is 5.10. The molecular weight excluding hydrogens is 551 g/mol. The Morgan fingerprint density at radius 1 is 0.900 bits per heavy atom. The standard InChI is InChI=1S/C15H10N.C11H20O2.Ir/c1-2-6-12(7-3-1)15-11-10-13-8-4-5-9-14(13)16-15;1-7-5-6-8-3-2-4-9(12)10(8)11(7)13;/h1-6,8-11H;7-13H,2-6H2,1H3;/q-1;;. The number of hydrogen-bond donors (Lipinski definition) is 2. The number of para-hydroxylation sites is 1. The summed E-state index contributed by atoms with van der Waals surface area (Å²) >= 11 is 0. The van der Waals surface area contributed by atoms with Gasteiger partial charge in [-0.05, 0) is 54.7 Å². The molecule has 2 aliphatic carbocycles. The van der Waals surface area contributed by atoms with Gasteiger partial charge in [-0.3, -0.25) is 4.98 Å². The van der Waals surface area contributed by atoms with Crippen LogP contribution in [0.4, 0.5) is 0 Å². The minimum atomic E-state index is -0.256. The summed E-state index contributed by atoms with van der Waals surface area (Å²) in [5, 5.41) is 21.0. The summed E-state index contributed by atoms with van der Waals surface area (Å²) in [6, 6.07) is 23.4. The van der Waals surface area contributed by atoms with Gasteiger partial charge < -0.3 is 10.2 Å². The predicted molar refractivity (Wildman–Crippen MR) is 117 cm³/mol. The molecule has 1 radical (unpaired) electrons. The summed E-state index contributed by atoms with van der Waals surface area (Å²) in [5.41, 5.74) is 3.03. The molecule has 4 heteroatoms. The Kier molecular flexibility index (Phi) is 8.19. The number of pyridine rings is 1. The van der Waals surface area contributed by atoms with E-state index in [4.69, 9.17) is 0 Å². The first-order chi connectivity index (χ1) is 14.1. The third-order valence-electron chi connectivity index (χ3n) is 6.62. The van der Waals surface area contributed by atoms with Gasteiger partial charge in [0.25, 0.3) is 0 Å². The molecule has 2 N–H and O–H groups in total. The minimum absolute atomic E-state index is 0. The van der Waals surface area contributed by atoms with Crippen LogP contribution in [0.5, 0.6) is 0 Å². The van der Waals surface area contributed by atoms with E-state index in [2.05, 4.69) is 30.1 Å². The van der Waals surface area contributed by atoms with Gasteiger partial charge in [-0.1, -0.05) is 43.7 Å². The van der Waals surface area contributed by atoms with Crippen molar-refractivity contribution in [3.63, 3.8) is 0 Å². The zero-order valence-corrected chi connectivity index (χ0v) is 19.8. The van der Waals surface area contributed by atoms with Crippen molar-refractivity contribution in [1.29, 1.82) is 0 Å². The fraction of sp³-hybridized carbons (Fsp3) is 0.423. The third-order valence-corrected chi connectivity index (χ3v) is 6.62. The molecule has 1 heterocycles. The number of nitrogens with zero attached hydrogens (tertiary/aromatic N) is 1. The molecule has 30 heavy (non-hydrogen) atoms. The van der Waals surface area contributed by atoms with Crippen LogP contribution in [0, 0.1) is 23.8 Å². The number of fused-ring (bicyclic) bond motifs is 2. The fourth-order valence-corrected chi connectivity index (χ4v) is 4.93. The Morgan fingerprint density at radius 2 is 1.70 bits per heavy atom. The Hall–Kier alpha value is -1.58. The molecule has 0 amide bonds. The average molecular weight is 581 g/mol. The maximum atomic E-state index is 9.98. The molecule has 2 saturated carbocycles. The van der Waals surface area contributed by atoms with Gasteiger partial charge in [0.2, 0.25) is 0 Å². The van der Waals surface area contributed by atoms with E-state index in [0.29, 0.717) is 11.8 Å². The van der Waals surface area contributed by atoms with E-state index in [1.807, 2.05) is 48.5 Å². The molecule has 2 aromatic carbocycles. The first-order valence-corrected chi connectivity index (χ1v) is 10.8. The van der Waals surface area contributed by atoms with Crippen LogP contribution in [0.2, 0.25) is 0 Å². The first kappa shape index (κ1) is 23.1. The molecule has 0 bridgehead atoms. The van der Waals surface area contributed by atoms with Crippen molar-refractivity contribution < 1.29 is 30.3 Å². The van der Waals surface area contributed by atoms with Crippen LogP contribution in [0.25, 0.3) is 22.2 Å². The summed E-state index contributed by atoms with van der Waals surface area (Å²) in [4.78, 5) is 4.61. The Bertz CT molecular complexity index is 930. The van der Waals surface area contributed by atoms with E-state index in [-0.39, 0.29) is 38.2 Å². The quantitative estimate of drug-likeness (QED) is 0.387.